The van der Waals surface area contributed by atoms with Crippen LogP contribution in [0.2, 0.25) is 0 Å². The lowest BCUT2D eigenvalue weighted by molar-refractivity contribution is -0.124. The van der Waals surface area contributed by atoms with Gasteiger partial charge in [-0.05, 0) is 19.8 Å². The second kappa shape index (κ2) is 5.69. The molecule has 0 aromatic rings. The van der Waals surface area contributed by atoms with Gasteiger partial charge in [-0.15, -0.1) is 0 Å². The van der Waals surface area contributed by atoms with Crippen LogP contribution in [0.3, 0.4) is 0 Å². The molecule has 0 fully saturated rings. The Balaban J connectivity index is 4.34. The summed E-state index contributed by atoms with van der Waals surface area (Å²) in [4.78, 5) is 22.4. The van der Waals surface area contributed by atoms with E-state index in [-0.39, 0.29) is 18.4 Å². The predicted octanol–water partition coefficient (Wildman–Crippen LogP) is -0.434. The Bertz CT molecular complexity index is 259. The molecule has 0 heterocycles. The lowest BCUT2D eigenvalue weighted by Crippen LogP contribution is -2.53. The zero-order valence-electron chi connectivity index (χ0n) is 10.2. The second-order valence-electron chi connectivity index (χ2n) is 4.76. The average molecular weight is 231 g/mol. The predicted molar refractivity (Wildman–Crippen MR) is 60.7 cm³/mol. The molecule has 5 N–H and O–H groups in total. The number of hydrogen-bond donors (Lipinski definition) is 4. The minimum absolute atomic E-state index is 0.0747. The van der Waals surface area contributed by atoms with Gasteiger partial charge in [0.15, 0.2) is 0 Å². The van der Waals surface area contributed by atoms with Crippen LogP contribution in [0.1, 0.15) is 27.7 Å². The lowest BCUT2D eigenvalue weighted by Gasteiger charge is -2.23. The minimum atomic E-state index is -0.982. The number of nitrogens with two attached hydrogens (primary N) is 1. The molecule has 6 nitrogen and oxygen atoms in total. The quantitative estimate of drug-likeness (QED) is 0.516. The smallest absolute Gasteiger partial charge is 0.312 e. The van der Waals surface area contributed by atoms with Gasteiger partial charge < -0.3 is 21.5 Å². The van der Waals surface area contributed by atoms with Gasteiger partial charge in [-0.2, -0.15) is 0 Å². The highest BCUT2D eigenvalue weighted by Crippen LogP contribution is 2.03. The van der Waals surface area contributed by atoms with Crippen LogP contribution < -0.4 is 16.4 Å². The van der Waals surface area contributed by atoms with Crippen molar-refractivity contribution in [1.29, 1.82) is 0 Å². The molecule has 16 heavy (non-hydrogen) atoms. The summed E-state index contributed by atoms with van der Waals surface area (Å²) < 4.78 is 0. The van der Waals surface area contributed by atoms with E-state index in [0.29, 0.717) is 0 Å². The summed E-state index contributed by atoms with van der Waals surface area (Å²) in [5, 5.41) is 14.4. The first-order valence-corrected chi connectivity index (χ1v) is 5.19. The molecule has 6 heteroatoms. The summed E-state index contributed by atoms with van der Waals surface area (Å²) in [7, 11) is 0. The van der Waals surface area contributed by atoms with Crippen LogP contribution in [0.5, 0.6) is 0 Å². The first-order chi connectivity index (χ1) is 7.13. The van der Waals surface area contributed by atoms with E-state index < -0.39 is 17.7 Å². The van der Waals surface area contributed by atoms with E-state index >= 15 is 0 Å². The molecule has 0 aromatic carbocycles. The van der Waals surface area contributed by atoms with Gasteiger partial charge >= 0.3 is 6.03 Å². The van der Waals surface area contributed by atoms with Crippen LogP contribution in [-0.2, 0) is 4.79 Å². The van der Waals surface area contributed by atoms with Gasteiger partial charge in [0.25, 0.3) is 0 Å². The van der Waals surface area contributed by atoms with Crippen LogP contribution in [0, 0.1) is 5.92 Å². The fraction of sp³-hybridized carbons (Fsp3) is 0.800. The molecule has 0 aliphatic carbocycles. The molecule has 0 aliphatic rings. The number of urea groups is 1. The highest BCUT2D eigenvalue weighted by atomic mass is 16.3. The van der Waals surface area contributed by atoms with Gasteiger partial charge in [0, 0.05) is 6.54 Å². The summed E-state index contributed by atoms with van der Waals surface area (Å²) >= 11 is 0. The second-order valence-corrected chi connectivity index (χ2v) is 4.76. The van der Waals surface area contributed by atoms with Crippen molar-refractivity contribution in [3.63, 3.8) is 0 Å². The number of hydrogen-bond acceptors (Lipinski definition) is 3. The Morgan fingerprint density at radius 2 is 1.88 bits per heavy atom. The molecule has 0 saturated heterocycles. The number of carbonyl (C=O) groups is 2. The van der Waals surface area contributed by atoms with Crippen molar-refractivity contribution in [3.05, 3.63) is 0 Å². The molecule has 0 aliphatic heterocycles. The standard InChI is InChI=1S/C10H21N3O3/c1-6(2)7(13-9(11)15)8(14)12-5-10(3,4)16/h6-7,16H,5H2,1-4H3,(H,12,14)(H3,11,13,15). The molecular formula is C10H21N3O3. The largest absolute Gasteiger partial charge is 0.389 e. The molecule has 0 spiro atoms. The highest BCUT2D eigenvalue weighted by Gasteiger charge is 2.24. The molecule has 1 unspecified atom stereocenters. The molecule has 0 saturated carbocycles. The van der Waals surface area contributed by atoms with Crippen molar-refractivity contribution in [2.24, 2.45) is 11.7 Å². The Morgan fingerprint density at radius 1 is 1.38 bits per heavy atom. The van der Waals surface area contributed by atoms with Gasteiger partial charge in [0.1, 0.15) is 6.04 Å². The number of nitrogens with one attached hydrogen (secondary N) is 2. The maximum atomic E-state index is 11.7. The zero-order valence-corrected chi connectivity index (χ0v) is 10.2. The maximum absolute atomic E-state index is 11.7. The summed E-state index contributed by atoms with van der Waals surface area (Å²) in [5.41, 5.74) is 3.99. The molecule has 1 atom stereocenters. The van der Waals surface area contributed by atoms with Crippen LogP contribution >= 0.6 is 0 Å². The maximum Gasteiger partial charge on any atom is 0.312 e. The Labute approximate surface area is 95.6 Å². The molecule has 0 radical (unpaired) electrons. The molecular weight excluding hydrogens is 210 g/mol. The van der Waals surface area contributed by atoms with E-state index in [0.717, 1.165) is 0 Å². The van der Waals surface area contributed by atoms with E-state index in [4.69, 9.17) is 5.73 Å². The summed E-state index contributed by atoms with van der Waals surface area (Å²) in [6, 6.07) is -1.42. The fourth-order valence-corrected chi connectivity index (χ4v) is 1.10. The first-order valence-electron chi connectivity index (χ1n) is 5.19. The third kappa shape index (κ3) is 6.23. The monoisotopic (exact) mass is 231 g/mol. The average Bonchev–Trinajstić information content (AvgIpc) is 2.08. The van der Waals surface area contributed by atoms with Gasteiger partial charge in [0.05, 0.1) is 5.60 Å². The van der Waals surface area contributed by atoms with Gasteiger partial charge in [-0.3, -0.25) is 4.79 Å². The third-order valence-corrected chi connectivity index (χ3v) is 1.94. The highest BCUT2D eigenvalue weighted by molar-refractivity contribution is 5.86. The van der Waals surface area contributed by atoms with Crippen molar-refractivity contribution in [3.8, 4) is 0 Å². The van der Waals surface area contributed by atoms with Crippen LogP contribution in [0.25, 0.3) is 0 Å². The summed E-state index contributed by atoms with van der Waals surface area (Å²) in [6.45, 7) is 6.88. The number of rotatable bonds is 5. The zero-order chi connectivity index (χ0) is 12.9. The van der Waals surface area contributed by atoms with Crippen LogP contribution in [-0.4, -0.2) is 35.2 Å². The van der Waals surface area contributed by atoms with E-state index in [2.05, 4.69) is 10.6 Å². The summed E-state index contributed by atoms with van der Waals surface area (Å²) in [6.07, 6.45) is 0. The minimum Gasteiger partial charge on any atom is -0.389 e. The number of amides is 3. The molecule has 3 amide bonds. The Morgan fingerprint density at radius 3 is 2.19 bits per heavy atom. The van der Waals surface area contributed by atoms with Crippen molar-refractivity contribution in [2.75, 3.05) is 6.54 Å². The van der Waals surface area contributed by atoms with E-state index in [1.807, 2.05) is 0 Å². The van der Waals surface area contributed by atoms with Crippen molar-refractivity contribution >= 4 is 11.9 Å². The first kappa shape index (κ1) is 14.7. The molecule has 0 rings (SSSR count). The van der Waals surface area contributed by atoms with Gasteiger partial charge in [0.2, 0.25) is 5.91 Å². The Kier molecular flexibility index (Phi) is 5.23. The lowest BCUT2D eigenvalue weighted by atomic mass is 10.0. The summed E-state index contributed by atoms with van der Waals surface area (Å²) in [5.74, 6) is -0.426. The molecule has 94 valence electrons. The topological polar surface area (TPSA) is 104 Å². The van der Waals surface area contributed by atoms with Crippen molar-refractivity contribution in [2.45, 2.75) is 39.3 Å². The molecule has 0 bridgehead atoms. The Hall–Kier alpha value is -1.30. The number of carbonyl (C=O) groups excluding carboxylic acids is 2. The molecule has 0 aromatic heterocycles. The van der Waals surface area contributed by atoms with Crippen molar-refractivity contribution in [1.82, 2.24) is 10.6 Å². The van der Waals surface area contributed by atoms with E-state index in [1.54, 1.807) is 27.7 Å². The third-order valence-electron chi connectivity index (χ3n) is 1.94. The van der Waals surface area contributed by atoms with Crippen molar-refractivity contribution < 1.29 is 14.7 Å². The number of aliphatic hydroxyl groups is 1. The van der Waals surface area contributed by atoms with Crippen LogP contribution in [0.15, 0.2) is 0 Å². The van der Waals surface area contributed by atoms with E-state index in [1.165, 1.54) is 0 Å². The van der Waals surface area contributed by atoms with Crippen LogP contribution in [0.4, 0.5) is 4.79 Å². The van der Waals surface area contributed by atoms with Gasteiger partial charge in [-0.25, -0.2) is 4.79 Å². The fourth-order valence-electron chi connectivity index (χ4n) is 1.10. The number of primary amides is 1. The SMILES string of the molecule is CC(C)C(NC(N)=O)C(=O)NCC(C)(C)O. The normalized spacial score (nSPS) is 13.4. The van der Waals surface area contributed by atoms with Gasteiger partial charge in [-0.1, -0.05) is 13.8 Å². The van der Waals surface area contributed by atoms with E-state index in [9.17, 15) is 14.7 Å².